The van der Waals surface area contributed by atoms with Gasteiger partial charge in [-0.2, -0.15) is 0 Å². The molecule has 0 aromatic heterocycles. The van der Waals surface area contributed by atoms with E-state index in [2.05, 4.69) is 5.32 Å². The van der Waals surface area contributed by atoms with Crippen LogP contribution in [0.4, 0.5) is 0 Å². The minimum absolute atomic E-state index is 0.153. The first-order chi connectivity index (χ1) is 9.93. The molecule has 0 radical (unpaired) electrons. The van der Waals surface area contributed by atoms with Gasteiger partial charge in [-0.15, -0.1) is 11.8 Å². The summed E-state index contributed by atoms with van der Waals surface area (Å²) in [6, 6.07) is 7.04. The smallest absolute Gasteiger partial charge is 0.311 e. The number of aliphatic carboxylic acids is 1. The summed E-state index contributed by atoms with van der Waals surface area (Å²) in [5.41, 5.74) is -0.856. The van der Waals surface area contributed by atoms with Crippen LogP contribution in [0.15, 0.2) is 29.2 Å². The maximum atomic E-state index is 12.0. The lowest BCUT2D eigenvalue weighted by atomic mass is 9.85. The Bertz CT molecular complexity index is 551. The van der Waals surface area contributed by atoms with E-state index in [1.165, 1.54) is 11.8 Å². The first-order valence-corrected chi connectivity index (χ1v) is 8.20. The average Bonchev–Trinajstić information content (AvgIpc) is 2.81. The molecule has 1 saturated carbocycles. The molecule has 114 valence electrons. The highest BCUT2D eigenvalue weighted by Crippen LogP contribution is 2.38. The van der Waals surface area contributed by atoms with Crippen molar-refractivity contribution in [3.05, 3.63) is 29.3 Å². The Labute approximate surface area is 133 Å². The Hall–Kier alpha value is -1.20. The van der Waals surface area contributed by atoms with E-state index in [0.29, 0.717) is 17.9 Å². The molecular weight excluding hydrogens is 310 g/mol. The summed E-state index contributed by atoms with van der Waals surface area (Å²) >= 11 is 7.39. The van der Waals surface area contributed by atoms with Gasteiger partial charge in [0.1, 0.15) is 0 Å². The Morgan fingerprint density at radius 2 is 2.19 bits per heavy atom. The fraction of sp³-hybridized carbons (Fsp3) is 0.467. The first-order valence-electron chi connectivity index (χ1n) is 6.83. The van der Waals surface area contributed by atoms with Crippen molar-refractivity contribution in [1.29, 1.82) is 0 Å². The van der Waals surface area contributed by atoms with E-state index < -0.39 is 11.4 Å². The first kappa shape index (κ1) is 16.2. The Balaban J connectivity index is 1.90. The third kappa shape index (κ3) is 3.71. The molecule has 1 aliphatic carbocycles. The van der Waals surface area contributed by atoms with Crippen molar-refractivity contribution in [2.24, 2.45) is 5.41 Å². The van der Waals surface area contributed by atoms with Crippen molar-refractivity contribution in [2.45, 2.75) is 37.1 Å². The molecule has 1 amide bonds. The molecular formula is C15H18ClNO3S. The molecule has 0 bridgehead atoms. The normalized spacial score (nSPS) is 24.8. The predicted octanol–water partition coefficient (Wildman–Crippen LogP) is 3.19. The average molecular weight is 328 g/mol. The molecule has 6 heteroatoms. The van der Waals surface area contributed by atoms with Gasteiger partial charge in [-0.25, -0.2) is 0 Å². The van der Waals surface area contributed by atoms with Gasteiger partial charge in [0.05, 0.1) is 16.2 Å². The zero-order valence-corrected chi connectivity index (χ0v) is 13.3. The Kier molecular flexibility index (Phi) is 5.17. The number of benzene rings is 1. The molecule has 1 aromatic rings. The standard InChI is InChI=1S/C15H18ClNO3S/c1-15(14(19)20)8-4-7-12(15)17-13(18)9-21-11-6-3-2-5-10(11)16/h2-3,5-6,12H,4,7-9H2,1H3,(H,17,18)(H,19,20). The Morgan fingerprint density at radius 1 is 1.48 bits per heavy atom. The van der Waals surface area contributed by atoms with Crippen LogP contribution < -0.4 is 5.32 Å². The second-order valence-corrected chi connectivity index (χ2v) is 6.88. The summed E-state index contributed by atoms with van der Waals surface area (Å²) in [4.78, 5) is 24.2. The molecule has 0 heterocycles. The minimum Gasteiger partial charge on any atom is -0.481 e. The monoisotopic (exact) mass is 327 g/mol. The van der Waals surface area contributed by atoms with Gasteiger partial charge in [0.25, 0.3) is 0 Å². The fourth-order valence-electron chi connectivity index (χ4n) is 2.59. The van der Waals surface area contributed by atoms with E-state index in [0.717, 1.165) is 11.3 Å². The highest BCUT2D eigenvalue weighted by molar-refractivity contribution is 8.00. The fourth-order valence-corrected chi connectivity index (χ4v) is 3.64. The van der Waals surface area contributed by atoms with Gasteiger partial charge in [-0.3, -0.25) is 9.59 Å². The van der Waals surface area contributed by atoms with Crippen LogP contribution in [0.3, 0.4) is 0 Å². The number of rotatable bonds is 5. The number of hydrogen-bond donors (Lipinski definition) is 2. The lowest BCUT2D eigenvalue weighted by Crippen LogP contribution is -2.47. The van der Waals surface area contributed by atoms with Crippen molar-refractivity contribution in [1.82, 2.24) is 5.32 Å². The lowest BCUT2D eigenvalue weighted by Gasteiger charge is -2.27. The van der Waals surface area contributed by atoms with Crippen molar-refractivity contribution >= 4 is 35.2 Å². The van der Waals surface area contributed by atoms with E-state index in [4.69, 9.17) is 11.6 Å². The third-order valence-corrected chi connectivity index (χ3v) is 5.49. The van der Waals surface area contributed by atoms with Gasteiger partial charge < -0.3 is 10.4 Å². The molecule has 4 nitrogen and oxygen atoms in total. The second kappa shape index (κ2) is 6.71. The number of nitrogens with one attached hydrogen (secondary N) is 1. The van der Waals surface area contributed by atoms with E-state index in [1.54, 1.807) is 13.0 Å². The number of carboxylic acid groups (broad SMARTS) is 1. The molecule has 0 spiro atoms. The molecule has 21 heavy (non-hydrogen) atoms. The minimum atomic E-state index is -0.856. The van der Waals surface area contributed by atoms with Crippen LogP contribution in [0.1, 0.15) is 26.2 Å². The molecule has 0 aliphatic heterocycles. The topological polar surface area (TPSA) is 66.4 Å². The van der Waals surface area contributed by atoms with Crippen LogP contribution in [0.25, 0.3) is 0 Å². The third-order valence-electron chi connectivity index (χ3n) is 3.98. The zero-order valence-electron chi connectivity index (χ0n) is 11.8. The van der Waals surface area contributed by atoms with Crippen LogP contribution in [0, 0.1) is 5.41 Å². The van der Waals surface area contributed by atoms with Crippen LogP contribution in [0.5, 0.6) is 0 Å². The summed E-state index contributed by atoms with van der Waals surface area (Å²) in [6.45, 7) is 1.70. The molecule has 1 fully saturated rings. The molecule has 2 unspecified atom stereocenters. The van der Waals surface area contributed by atoms with Crippen molar-refractivity contribution < 1.29 is 14.7 Å². The molecule has 2 N–H and O–H groups in total. The van der Waals surface area contributed by atoms with Crippen LogP contribution in [-0.4, -0.2) is 28.8 Å². The quantitative estimate of drug-likeness (QED) is 0.815. The van der Waals surface area contributed by atoms with E-state index >= 15 is 0 Å². The van der Waals surface area contributed by atoms with E-state index in [-0.39, 0.29) is 17.7 Å². The number of carboxylic acids is 1. The van der Waals surface area contributed by atoms with Crippen molar-refractivity contribution in [3.63, 3.8) is 0 Å². The molecule has 1 aromatic carbocycles. The van der Waals surface area contributed by atoms with Crippen LogP contribution >= 0.6 is 23.4 Å². The van der Waals surface area contributed by atoms with Gasteiger partial charge in [0, 0.05) is 10.9 Å². The van der Waals surface area contributed by atoms with Crippen LogP contribution in [-0.2, 0) is 9.59 Å². The SMILES string of the molecule is CC1(C(=O)O)CCCC1NC(=O)CSc1ccccc1Cl. The van der Waals surface area contributed by atoms with Gasteiger partial charge in [0.15, 0.2) is 0 Å². The number of carbonyl (C=O) groups excluding carboxylic acids is 1. The summed E-state index contributed by atoms with van der Waals surface area (Å²) in [6.07, 6.45) is 2.14. The second-order valence-electron chi connectivity index (χ2n) is 5.45. The predicted molar refractivity (Wildman–Crippen MR) is 83.7 cm³/mol. The number of carbonyl (C=O) groups is 2. The lowest BCUT2D eigenvalue weighted by molar-refractivity contribution is -0.149. The van der Waals surface area contributed by atoms with E-state index in [9.17, 15) is 14.7 Å². The Morgan fingerprint density at radius 3 is 2.86 bits per heavy atom. The largest absolute Gasteiger partial charge is 0.481 e. The summed E-state index contributed by atoms with van der Waals surface area (Å²) in [5.74, 6) is -0.765. The zero-order chi connectivity index (χ0) is 15.5. The summed E-state index contributed by atoms with van der Waals surface area (Å²) < 4.78 is 0. The molecule has 1 aliphatic rings. The van der Waals surface area contributed by atoms with E-state index in [1.807, 2.05) is 18.2 Å². The maximum absolute atomic E-state index is 12.0. The van der Waals surface area contributed by atoms with Gasteiger partial charge in [-0.1, -0.05) is 30.2 Å². The number of halogens is 1. The van der Waals surface area contributed by atoms with Gasteiger partial charge in [-0.05, 0) is 31.9 Å². The highest BCUT2D eigenvalue weighted by atomic mass is 35.5. The molecule has 2 atom stereocenters. The molecule has 0 saturated heterocycles. The van der Waals surface area contributed by atoms with Crippen molar-refractivity contribution in [2.75, 3.05) is 5.75 Å². The number of hydrogen-bond acceptors (Lipinski definition) is 3. The summed E-state index contributed by atoms with van der Waals surface area (Å²) in [7, 11) is 0. The summed E-state index contributed by atoms with van der Waals surface area (Å²) in [5, 5.41) is 12.8. The number of thioether (sulfide) groups is 1. The van der Waals surface area contributed by atoms with Crippen LogP contribution in [0.2, 0.25) is 5.02 Å². The maximum Gasteiger partial charge on any atom is 0.311 e. The van der Waals surface area contributed by atoms with Gasteiger partial charge in [0.2, 0.25) is 5.91 Å². The highest BCUT2D eigenvalue weighted by Gasteiger charge is 2.45. The van der Waals surface area contributed by atoms with Crippen molar-refractivity contribution in [3.8, 4) is 0 Å². The van der Waals surface area contributed by atoms with Gasteiger partial charge >= 0.3 is 5.97 Å². The molecule has 2 rings (SSSR count). The number of amides is 1.